The van der Waals surface area contributed by atoms with Crippen LogP contribution in [0.3, 0.4) is 0 Å². The Morgan fingerprint density at radius 1 is 0.919 bits per heavy atom. The van der Waals surface area contributed by atoms with E-state index in [9.17, 15) is 14.9 Å². The smallest absolute Gasteiger partial charge is 0.348 e. The van der Waals surface area contributed by atoms with Crippen LogP contribution in [0.1, 0.15) is 23.6 Å². The van der Waals surface area contributed by atoms with Crippen LogP contribution in [0.15, 0.2) is 47.5 Å². The molecule has 0 spiro atoms. The van der Waals surface area contributed by atoms with Gasteiger partial charge in [-0.3, -0.25) is 0 Å². The summed E-state index contributed by atoms with van der Waals surface area (Å²) in [6.45, 7) is 5.62. The maximum Gasteiger partial charge on any atom is 0.348 e. The maximum absolute atomic E-state index is 11.7. The summed E-state index contributed by atoms with van der Waals surface area (Å²) in [6, 6.07) is 14.5. The van der Waals surface area contributed by atoms with E-state index in [0.29, 0.717) is 30.2 Å². The molecular formula is C28H29N3O6. The quantitative estimate of drug-likeness (QED) is 0.254. The van der Waals surface area contributed by atoms with Gasteiger partial charge in [0, 0.05) is 12.2 Å². The summed E-state index contributed by atoms with van der Waals surface area (Å²) in [7, 11) is 3.96. The molecule has 2 aromatic carbocycles. The maximum atomic E-state index is 11.7. The molecule has 0 atom stereocenters. The number of carbonyl (C=O) groups excluding carboxylic acids is 2. The van der Waals surface area contributed by atoms with Crippen molar-refractivity contribution >= 4 is 29.8 Å². The lowest BCUT2D eigenvalue weighted by molar-refractivity contribution is -0.136. The van der Waals surface area contributed by atoms with Crippen LogP contribution in [0.25, 0.3) is 12.2 Å². The SMILES string of the molecule is CCN(CCOc1ccc(/C=C(\C#N)C(=O)OC)cc1OC)c1ccc(/C=C(\C#N)C(=O)OC)c(C)c1. The molecule has 0 heterocycles. The second-order valence-corrected chi connectivity index (χ2v) is 7.70. The van der Waals surface area contributed by atoms with Crippen molar-refractivity contribution in [2.75, 3.05) is 45.9 Å². The Morgan fingerprint density at radius 3 is 2.11 bits per heavy atom. The summed E-state index contributed by atoms with van der Waals surface area (Å²) in [5, 5.41) is 18.4. The van der Waals surface area contributed by atoms with Crippen LogP contribution < -0.4 is 14.4 Å². The molecule has 0 aliphatic heterocycles. The molecular weight excluding hydrogens is 474 g/mol. The number of nitrogens with zero attached hydrogens (tertiary/aromatic N) is 3. The third-order valence-corrected chi connectivity index (χ3v) is 5.47. The van der Waals surface area contributed by atoms with Crippen LogP contribution in [0.2, 0.25) is 0 Å². The lowest BCUT2D eigenvalue weighted by Gasteiger charge is -2.24. The lowest BCUT2D eigenvalue weighted by Crippen LogP contribution is -2.28. The van der Waals surface area contributed by atoms with E-state index in [-0.39, 0.29) is 11.1 Å². The summed E-state index contributed by atoms with van der Waals surface area (Å²) in [6.07, 6.45) is 2.93. The molecule has 0 aliphatic carbocycles. The number of rotatable bonds is 11. The van der Waals surface area contributed by atoms with Crippen molar-refractivity contribution < 1.29 is 28.5 Å². The summed E-state index contributed by atoms with van der Waals surface area (Å²) in [4.78, 5) is 25.5. The molecule has 0 saturated heterocycles. The van der Waals surface area contributed by atoms with E-state index in [1.54, 1.807) is 18.2 Å². The average molecular weight is 504 g/mol. The molecule has 0 bridgehead atoms. The molecule has 9 heteroatoms. The Balaban J connectivity index is 2.13. The number of hydrogen-bond acceptors (Lipinski definition) is 9. The molecule has 0 N–H and O–H groups in total. The molecule has 0 fully saturated rings. The summed E-state index contributed by atoms with van der Waals surface area (Å²) < 4.78 is 20.6. The second kappa shape index (κ2) is 14.0. The highest BCUT2D eigenvalue weighted by Crippen LogP contribution is 2.29. The Labute approximate surface area is 216 Å². The molecule has 0 aliphatic rings. The molecule has 0 unspecified atom stereocenters. The standard InChI is InChI=1S/C28H29N3O6/c1-6-31(24-9-8-21(19(2)13-24)16-23(18-30)28(33)36-5)11-12-37-25-10-7-20(15-26(25)34-3)14-22(17-29)27(32)35-4/h7-10,13-16H,6,11-12H2,1-5H3/b22-14+,23-16+. The summed E-state index contributed by atoms with van der Waals surface area (Å²) >= 11 is 0. The van der Waals surface area contributed by atoms with Gasteiger partial charge in [0.05, 0.1) is 27.9 Å². The van der Waals surface area contributed by atoms with Crippen LogP contribution >= 0.6 is 0 Å². The Kier molecular flexibility index (Phi) is 10.7. The number of likely N-dealkylation sites (N-methyl/N-ethyl adjacent to an activating group) is 1. The van der Waals surface area contributed by atoms with Crippen molar-refractivity contribution in [3.05, 3.63) is 64.2 Å². The number of esters is 2. The van der Waals surface area contributed by atoms with Gasteiger partial charge < -0.3 is 23.8 Å². The van der Waals surface area contributed by atoms with E-state index in [1.807, 2.05) is 44.2 Å². The zero-order chi connectivity index (χ0) is 27.4. The third-order valence-electron chi connectivity index (χ3n) is 5.47. The Hall–Kier alpha value is -4.76. The number of benzene rings is 2. The predicted octanol–water partition coefficient (Wildman–Crippen LogP) is 4.07. The number of anilines is 1. The first-order chi connectivity index (χ1) is 17.8. The van der Waals surface area contributed by atoms with Crippen molar-refractivity contribution in [2.24, 2.45) is 0 Å². The first kappa shape index (κ1) is 28.5. The molecule has 2 rings (SSSR count). The van der Waals surface area contributed by atoms with E-state index in [2.05, 4.69) is 14.4 Å². The highest BCUT2D eigenvalue weighted by molar-refractivity contribution is 5.98. The van der Waals surface area contributed by atoms with E-state index >= 15 is 0 Å². The first-order valence-corrected chi connectivity index (χ1v) is 11.4. The average Bonchev–Trinajstić information content (AvgIpc) is 2.92. The minimum atomic E-state index is -0.713. The van der Waals surface area contributed by atoms with E-state index in [4.69, 9.17) is 14.7 Å². The monoisotopic (exact) mass is 503 g/mol. The molecule has 37 heavy (non-hydrogen) atoms. The molecule has 0 amide bonds. The van der Waals surface area contributed by atoms with Crippen molar-refractivity contribution in [3.8, 4) is 23.6 Å². The van der Waals surface area contributed by atoms with Gasteiger partial charge in [-0.2, -0.15) is 10.5 Å². The zero-order valence-corrected chi connectivity index (χ0v) is 21.5. The molecule has 192 valence electrons. The molecule has 0 saturated carbocycles. The Bertz CT molecular complexity index is 1280. The third kappa shape index (κ3) is 7.61. The van der Waals surface area contributed by atoms with Crippen LogP contribution in [0.5, 0.6) is 11.5 Å². The molecule has 9 nitrogen and oxygen atoms in total. The van der Waals surface area contributed by atoms with Gasteiger partial charge >= 0.3 is 11.9 Å². The van der Waals surface area contributed by atoms with Gasteiger partial charge in [-0.15, -0.1) is 0 Å². The van der Waals surface area contributed by atoms with E-state index < -0.39 is 11.9 Å². The van der Waals surface area contributed by atoms with Gasteiger partial charge in [0.25, 0.3) is 0 Å². The zero-order valence-electron chi connectivity index (χ0n) is 21.5. The molecule has 0 aromatic heterocycles. The van der Waals surface area contributed by atoms with E-state index in [0.717, 1.165) is 23.4 Å². The normalized spacial score (nSPS) is 11.1. The second-order valence-electron chi connectivity index (χ2n) is 7.70. The fraction of sp³-hybridized carbons (Fsp3) is 0.286. The lowest BCUT2D eigenvalue weighted by atomic mass is 10.0. The Morgan fingerprint density at radius 2 is 1.57 bits per heavy atom. The largest absolute Gasteiger partial charge is 0.493 e. The van der Waals surface area contributed by atoms with Crippen molar-refractivity contribution in [3.63, 3.8) is 0 Å². The van der Waals surface area contributed by atoms with Gasteiger partial charge in [-0.25, -0.2) is 9.59 Å². The molecule has 0 radical (unpaired) electrons. The molecule has 2 aromatic rings. The van der Waals surface area contributed by atoms with Crippen LogP contribution in [-0.4, -0.2) is 53.0 Å². The van der Waals surface area contributed by atoms with Crippen LogP contribution in [-0.2, 0) is 19.1 Å². The summed E-state index contributed by atoms with van der Waals surface area (Å²) in [5.74, 6) is -0.401. The first-order valence-electron chi connectivity index (χ1n) is 11.4. The number of ether oxygens (including phenoxy) is 4. The van der Waals surface area contributed by atoms with Crippen LogP contribution in [0, 0.1) is 29.6 Å². The van der Waals surface area contributed by atoms with Gasteiger partial charge in [-0.05, 0) is 67.0 Å². The highest BCUT2D eigenvalue weighted by Gasteiger charge is 2.13. The summed E-state index contributed by atoms with van der Waals surface area (Å²) in [5.41, 5.74) is 3.03. The minimum absolute atomic E-state index is 0.0660. The fourth-order valence-corrected chi connectivity index (χ4v) is 3.46. The van der Waals surface area contributed by atoms with Crippen LogP contribution in [0.4, 0.5) is 5.69 Å². The van der Waals surface area contributed by atoms with Crippen molar-refractivity contribution in [1.29, 1.82) is 10.5 Å². The van der Waals surface area contributed by atoms with Gasteiger partial charge in [0.1, 0.15) is 29.9 Å². The predicted molar refractivity (Wildman–Crippen MR) is 139 cm³/mol. The number of carbonyl (C=O) groups is 2. The minimum Gasteiger partial charge on any atom is -0.493 e. The van der Waals surface area contributed by atoms with E-state index in [1.165, 1.54) is 33.5 Å². The van der Waals surface area contributed by atoms with Gasteiger partial charge in [-0.1, -0.05) is 12.1 Å². The van der Waals surface area contributed by atoms with Gasteiger partial charge in [0.15, 0.2) is 11.5 Å². The van der Waals surface area contributed by atoms with Gasteiger partial charge in [0.2, 0.25) is 0 Å². The number of methoxy groups -OCH3 is 3. The number of nitriles is 2. The highest BCUT2D eigenvalue weighted by atomic mass is 16.5. The van der Waals surface area contributed by atoms with Crippen molar-refractivity contribution in [2.45, 2.75) is 13.8 Å². The fourth-order valence-electron chi connectivity index (χ4n) is 3.46. The number of aryl methyl sites for hydroxylation is 1. The topological polar surface area (TPSA) is 122 Å². The number of hydrogen-bond donors (Lipinski definition) is 0. The van der Waals surface area contributed by atoms with Crippen molar-refractivity contribution in [1.82, 2.24) is 0 Å².